The minimum atomic E-state index is -3.74. The maximum absolute atomic E-state index is 13.7. The Morgan fingerprint density at radius 1 is 1.18 bits per heavy atom. The Morgan fingerprint density at radius 2 is 1.91 bits per heavy atom. The van der Waals surface area contributed by atoms with Crippen molar-refractivity contribution in [3.63, 3.8) is 0 Å². The van der Waals surface area contributed by atoms with Crippen molar-refractivity contribution in [2.45, 2.75) is 38.1 Å². The fourth-order valence-corrected chi connectivity index (χ4v) is 5.31. The van der Waals surface area contributed by atoms with E-state index in [-0.39, 0.29) is 22.5 Å². The van der Waals surface area contributed by atoms with Crippen molar-refractivity contribution in [2.24, 2.45) is 5.92 Å². The Morgan fingerprint density at radius 3 is 2.61 bits per heavy atom. The van der Waals surface area contributed by atoms with E-state index in [1.54, 1.807) is 19.1 Å². The molecular weight excluding hydrogens is 447 g/mol. The maximum atomic E-state index is 13.7. The monoisotopic (exact) mass is 472 g/mol. The van der Waals surface area contributed by atoms with Crippen molar-refractivity contribution >= 4 is 32.5 Å². The lowest BCUT2D eigenvalue weighted by Crippen LogP contribution is -2.38. The maximum Gasteiger partial charge on any atom is 0.261 e. The van der Waals surface area contributed by atoms with Gasteiger partial charge in [0.25, 0.3) is 5.56 Å². The van der Waals surface area contributed by atoms with E-state index in [4.69, 9.17) is 0 Å². The number of carbonyl (C=O) groups excluding carboxylic acids is 1. The van der Waals surface area contributed by atoms with Gasteiger partial charge in [-0.25, -0.2) is 17.8 Å². The molecule has 0 atom stereocenters. The van der Waals surface area contributed by atoms with E-state index in [0.29, 0.717) is 30.1 Å². The van der Waals surface area contributed by atoms with E-state index in [1.165, 1.54) is 34.9 Å². The van der Waals surface area contributed by atoms with Crippen LogP contribution in [0, 0.1) is 18.7 Å². The van der Waals surface area contributed by atoms with E-state index < -0.39 is 27.3 Å². The third-order valence-electron chi connectivity index (χ3n) is 5.95. The van der Waals surface area contributed by atoms with E-state index in [2.05, 4.69) is 17.2 Å². The van der Waals surface area contributed by atoms with Gasteiger partial charge in [0.05, 0.1) is 22.1 Å². The first-order valence-corrected chi connectivity index (χ1v) is 12.1. The van der Waals surface area contributed by atoms with Crippen LogP contribution in [0.3, 0.4) is 0 Å². The second kappa shape index (κ2) is 9.03. The van der Waals surface area contributed by atoms with Gasteiger partial charge in [0.15, 0.2) is 0 Å². The van der Waals surface area contributed by atoms with Crippen LogP contribution in [-0.2, 0) is 21.4 Å². The quantitative estimate of drug-likeness (QED) is 0.615. The molecule has 3 aromatic rings. The largest absolute Gasteiger partial charge is 0.324 e. The molecule has 2 aromatic carbocycles. The number of aryl methyl sites for hydroxylation is 1. The van der Waals surface area contributed by atoms with Crippen LogP contribution in [-0.4, -0.2) is 41.3 Å². The van der Waals surface area contributed by atoms with Crippen LogP contribution in [0.1, 0.15) is 25.3 Å². The minimum Gasteiger partial charge on any atom is -0.324 e. The van der Waals surface area contributed by atoms with Gasteiger partial charge in [-0.2, -0.15) is 4.31 Å². The Balaban J connectivity index is 1.59. The summed E-state index contributed by atoms with van der Waals surface area (Å²) in [6, 6.07) is 8.57. The highest BCUT2D eigenvalue weighted by Crippen LogP contribution is 2.24. The highest BCUT2D eigenvalue weighted by Gasteiger charge is 2.28. The number of aromatic nitrogens is 2. The van der Waals surface area contributed by atoms with Crippen LogP contribution in [0.25, 0.3) is 10.9 Å². The van der Waals surface area contributed by atoms with Gasteiger partial charge in [-0.3, -0.25) is 14.2 Å². The summed E-state index contributed by atoms with van der Waals surface area (Å²) in [6.07, 6.45) is 2.82. The molecule has 1 aliphatic heterocycles. The first kappa shape index (κ1) is 23.1. The molecule has 0 aliphatic carbocycles. The zero-order chi connectivity index (χ0) is 23.8. The summed E-state index contributed by atoms with van der Waals surface area (Å²) in [5.74, 6) is -0.506. The molecule has 0 unspecified atom stereocenters. The van der Waals surface area contributed by atoms with Gasteiger partial charge in [-0.15, -0.1) is 0 Å². The molecule has 174 valence electrons. The number of halogens is 1. The van der Waals surface area contributed by atoms with Crippen LogP contribution in [0.5, 0.6) is 0 Å². The molecule has 10 heteroatoms. The summed E-state index contributed by atoms with van der Waals surface area (Å²) in [7, 11) is -3.74. The molecule has 1 amide bonds. The van der Waals surface area contributed by atoms with Crippen molar-refractivity contribution in [1.82, 2.24) is 13.9 Å². The molecule has 33 heavy (non-hydrogen) atoms. The zero-order valence-electron chi connectivity index (χ0n) is 18.4. The molecule has 0 spiro atoms. The van der Waals surface area contributed by atoms with Crippen molar-refractivity contribution < 1.29 is 17.6 Å². The number of fused-ring (bicyclic) bond motifs is 1. The fourth-order valence-electron chi connectivity index (χ4n) is 3.81. The fraction of sp³-hybridized carbons (Fsp3) is 0.348. The van der Waals surface area contributed by atoms with Crippen molar-refractivity contribution in [3.05, 3.63) is 64.5 Å². The number of anilines is 1. The number of sulfonamides is 1. The van der Waals surface area contributed by atoms with Crippen LogP contribution in [0.2, 0.25) is 0 Å². The molecule has 4 rings (SSSR count). The lowest BCUT2D eigenvalue weighted by Gasteiger charge is -2.29. The Kier molecular flexibility index (Phi) is 6.31. The minimum absolute atomic E-state index is 0.0285. The average Bonchev–Trinajstić information content (AvgIpc) is 2.78. The van der Waals surface area contributed by atoms with Gasteiger partial charge in [0.1, 0.15) is 12.4 Å². The summed E-state index contributed by atoms with van der Waals surface area (Å²) >= 11 is 0. The molecular formula is C23H25FN4O4S. The third kappa shape index (κ3) is 4.81. The molecule has 2 heterocycles. The highest BCUT2D eigenvalue weighted by molar-refractivity contribution is 7.89. The number of hydrogen-bond donors (Lipinski definition) is 1. The summed E-state index contributed by atoms with van der Waals surface area (Å²) in [5, 5.41) is 2.66. The van der Waals surface area contributed by atoms with Gasteiger partial charge >= 0.3 is 0 Å². The van der Waals surface area contributed by atoms with E-state index in [1.807, 2.05) is 0 Å². The number of rotatable bonds is 5. The standard InChI is InChI=1S/C23H25FN4O4S/c1-15-7-9-28(10-8-15)33(31,32)18-5-6-21-19(12-18)23(30)27(14-25-21)13-22(29)26-17-4-3-16(2)20(24)11-17/h3-6,11-12,14-15H,7-10,13H2,1-2H3,(H,26,29). The number of benzene rings is 2. The molecule has 8 nitrogen and oxygen atoms in total. The number of hydrogen-bond acceptors (Lipinski definition) is 5. The van der Waals surface area contributed by atoms with E-state index >= 15 is 0 Å². The SMILES string of the molecule is Cc1ccc(NC(=O)Cn2cnc3ccc(S(=O)(=O)N4CCC(C)CC4)cc3c2=O)cc1F. The van der Waals surface area contributed by atoms with Gasteiger partial charge in [-0.1, -0.05) is 13.0 Å². The van der Waals surface area contributed by atoms with E-state index in [9.17, 15) is 22.4 Å². The van der Waals surface area contributed by atoms with Crippen molar-refractivity contribution in [2.75, 3.05) is 18.4 Å². The Bertz CT molecular complexity index is 1380. The molecule has 0 radical (unpaired) electrons. The molecule has 1 fully saturated rings. The van der Waals surface area contributed by atoms with E-state index in [0.717, 1.165) is 17.4 Å². The topological polar surface area (TPSA) is 101 Å². The number of carbonyl (C=O) groups is 1. The number of piperidine rings is 1. The number of amides is 1. The molecule has 1 aliphatic rings. The number of nitrogens with zero attached hydrogens (tertiary/aromatic N) is 3. The molecule has 0 bridgehead atoms. The third-order valence-corrected chi connectivity index (χ3v) is 7.84. The van der Waals surface area contributed by atoms with Gasteiger partial charge in [-0.05, 0) is 61.6 Å². The second-order valence-corrected chi connectivity index (χ2v) is 10.4. The summed E-state index contributed by atoms with van der Waals surface area (Å²) in [4.78, 5) is 29.6. The molecule has 1 aromatic heterocycles. The molecule has 1 N–H and O–H groups in total. The summed E-state index contributed by atoms with van der Waals surface area (Å²) < 4.78 is 42.4. The van der Waals surface area contributed by atoms with Crippen molar-refractivity contribution in [1.29, 1.82) is 0 Å². The second-order valence-electron chi connectivity index (χ2n) is 8.46. The van der Waals surface area contributed by atoms with Gasteiger partial charge in [0.2, 0.25) is 15.9 Å². The summed E-state index contributed by atoms with van der Waals surface area (Å²) in [6.45, 7) is 4.25. The normalized spacial score (nSPS) is 15.6. The lowest BCUT2D eigenvalue weighted by molar-refractivity contribution is -0.116. The predicted molar refractivity (Wildman–Crippen MR) is 123 cm³/mol. The Labute approximate surface area is 191 Å². The smallest absolute Gasteiger partial charge is 0.261 e. The number of nitrogens with one attached hydrogen (secondary N) is 1. The molecule has 1 saturated heterocycles. The van der Waals surface area contributed by atoms with Crippen LogP contribution < -0.4 is 10.9 Å². The van der Waals surface area contributed by atoms with Crippen LogP contribution in [0.15, 0.2) is 52.4 Å². The predicted octanol–water partition coefficient (Wildman–Crippen LogP) is 2.90. The first-order chi connectivity index (χ1) is 15.6. The first-order valence-electron chi connectivity index (χ1n) is 10.7. The van der Waals surface area contributed by atoms with Crippen molar-refractivity contribution in [3.8, 4) is 0 Å². The van der Waals surface area contributed by atoms with Crippen LogP contribution in [0.4, 0.5) is 10.1 Å². The Hall–Kier alpha value is -3.11. The molecule has 0 saturated carbocycles. The van der Waals surface area contributed by atoms with Crippen LogP contribution >= 0.6 is 0 Å². The average molecular weight is 473 g/mol. The van der Waals surface area contributed by atoms with Gasteiger partial charge in [0, 0.05) is 18.8 Å². The zero-order valence-corrected chi connectivity index (χ0v) is 19.2. The lowest BCUT2D eigenvalue weighted by atomic mass is 10.0. The van der Waals surface area contributed by atoms with Gasteiger partial charge < -0.3 is 5.32 Å². The summed E-state index contributed by atoms with van der Waals surface area (Å²) in [5.41, 5.74) is 0.528. The highest BCUT2D eigenvalue weighted by atomic mass is 32.2.